The number of carbonyl (C=O) groups is 2. The molecule has 1 aromatic carbocycles. The minimum absolute atomic E-state index is 0.198. The van der Waals surface area contributed by atoms with Crippen molar-refractivity contribution in [1.82, 2.24) is 5.32 Å². The number of carbonyl (C=O) groups excluding carboxylic acids is 2. The van der Waals surface area contributed by atoms with Crippen LogP contribution in [0.2, 0.25) is 0 Å². The van der Waals surface area contributed by atoms with Gasteiger partial charge in [0.1, 0.15) is 0 Å². The molecule has 2 N–H and O–H groups in total. The topological polar surface area (TPSA) is 75.6 Å². The number of amides is 1. The van der Waals surface area contributed by atoms with Crippen molar-refractivity contribution in [1.29, 1.82) is 0 Å². The number of halogens is 1. The minimum atomic E-state index is -1.60. The summed E-state index contributed by atoms with van der Waals surface area (Å²) in [6, 6.07) is 7.34. The highest BCUT2D eigenvalue weighted by atomic mass is 79.9. The Morgan fingerprint density at radius 2 is 1.90 bits per heavy atom. The van der Waals surface area contributed by atoms with Gasteiger partial charge in [0.2, 0.25) is 0 Å². The number of hydrogen-bond acceptors (Lipinski definition) is 4. The SMILES string of the molecule is C[C@@H](NC(=O)COC(=O)C(C)(C)O)c1ccc(Br)cc1. The van der Waals surface area contributed by atoms with Gasteiger partial charge in [-0.15, -0.1) is 0 Å². The highest BCUT2D eigenvalue weighted by Gasteiger charge is 2.26. The van der Waals surface area contributed by atoms with Crippen LogP contribution in [0.25, 0.3) is 0 Å². The summed E-state index contributed by atoms with van der Waals surface area (Å²) in [6.07, 6.45) is 0. The van der Waals surface area contributed by atoms with Crippen LogP contribution < -0.4 is 5.32 Å². The van der Waals surface area contributed by atoms with E-state index in [1.807, 2.05) is 31.2 Å². The molecule has 0 aliphatic carbocycles. The monoisotopic (exact) mass is 343 g/mol. The van der Waals surface area contributed by atoms with Crippen LogP contribution in [-0.2, 0) is 14.3 Å². The zero-order valence-corrected chi connectivity index (χ0v) is 13.2. The lowest BCUT2D eigenvalue weighted by molar-refractivity contribution is -0.164. The van der Waals surface area contributed by atoms with Crippen molar-refractivity contribution in [2.24, 2.45) is 0 Å². The Bertz CT molecular complexity index is 479. The Kier molecular flexibility index (Phi) is 5.71. The number of benzene rings is 1. The molecule has 0 aromatic heterocycles. The van der Waals surface area contributed by atoms with Gasteiger partial charge < -0.3 is 15.2 Å². The standard InChI is InChI=1S/C14H18BrNO4/c1-9(10-4-6-11(15)7-5-10)16-12(17)8-20-13(18)14(2,3)19/h4-7,9,19H,8H2,1-3H3,(H,16,17)/t9-/m1/s1. The molecule has 0 fully saturated rings. The number of rotatable bonds is 5. The largest absolute Gasteiger partial charge is 0.453 e. The van der Waals surface area contributed by atoms with Crippen molar-refractivity contribution in [2.45, 2.75) is 32.4 Å². The van der Waals surface area contributed by atoms with E-state index in [9.17, 15) is 14.7 Å². The predicted molar refractivity (Wildman–Crippen MR) is 78.0 cm³/mol. The second kappa shape index (κ2) is 6.85. The van der Waals surface area contributed by atoms with Gasteiger partial charge >= 0.3 is 5.97 Å². The van der Waals surface area contributed by atoms with Crippen LogP contribution in [0.4, 0.5) is 0 Å². The lowest BCUT2D eigenvalue weighted by Gasteiger charge is -2.17. The minimum Gasteiger partial charge on any atom is -0.453 e. The first-order valence-corrected chi connectivity index (χ1v) is 6.94. The quantitative estimate of drug-likeness (QED) is 0.801. The number of hydrogen-bond donors (Lipinski definition) is 2. The summed E-state index contributed by atoms with van der Waals surface area (Å²) in [6.45, 7) is 4.03. The molecule has 5 nitrogen and oxygen atoms in total. The average Bonchev–Trinajstić information content (AvgIpc) is 2.35. The summed E-state index contributed by atoms with van der Waals surface area (Å²) in [7, 11) is 0. The van der Waals surface area contributed by atoms with E-state index < -0.39 is 24.1 Å². The van der Waals surface area contributed by atoms with Gasteiger partial charge in [0.05, 0.1) is 6.04 Å². The van der Waals surface area contributed by atoms with Gasteiger partial charge in [-0.1, -0.05) is 28.1 Å². The molecule has 110 valence electrons. The average molecular weight is 344 g/mol. The lowest BCUT2D eigenvalue weighted by atomic mass is 10.1. The number of ether oxygens (including phenoxy) is 1. The van der Waals surface area contributed by atoms with Crippen molar-refractivity contribution < 1.29 is 19.4 Å². The summed E-state index contributed by atoms with van der Waals surface area (Å²) in [5, 5.41) is 12.1. The van der Waals surface area contributed by atoms with E-state index in [4.69, 9.17) is 4.74 Å². The smallest absolute Gasteiger partial charge is 0.338 e. The van der Waals surface area contributed by atoms with E-state index >= 15 is 0 Å². The lowest BCUT2D eigenvalue weighted by Crippen LogP contribution is -2.37. The third-order valence-corrected chi connectivity index (χ3v) is 3.11. The van der Waals surface area contributed by atoms with Crippen molar-refractivity contribution in [3.8, 4) is 0 Å². The van der Waals surface area contributed by atoms with E-state index in [0.717, 1.165) is 10.0 Å². The molecule has 0 unspecified atom stereocenters. The Morgan fingerprint density at radius 1 is 1.35 bits per heavy atom. The van der Waals surface area contributed by atoms with Crippen LogP contribution in [0.15, 0.2) is 28.7 Å². The van der Waals surface area contributed by atoms with Crippen molar-refractivity contribution in [2.75, 3.05) is 6.61 Å². The normalized spacial score (nSPS) is 12.7. The molecule has 0 saturated carbocycles. The fourth-order valence-electron chi connectivity index (χ4n) is 1.43. The maximum atomic E-state index is 11.6. The molecule has 0 saturated heterocycles. The van der Waals surface area contributed by atoms with E-state index in [1.165, 1.54) is 13.8 Å². The molecular formula is C14H18BrNO4. The molecule has 0 spiro atoms. The number of esters is 1. The molecule has 1 amide bonds. The zero-order valence-electron chi connectivity index (χ0n) is 11.6. The maximum Gasteiger partial charge on any atom is 0.338 e. The fraction of sp³-hybridized carbons (Fsp3) is 0.429. The molecule has 20 heavy (non-hydrogen) atoms. The fourth-order valence-corrected chi connectivity index (χ4v) is 1.69. The van der Waals surface area contributed by atoms with Crippen LogP contribution in [0.1, 0.15) is 32.4 Å². The molecule has 1 rings (SSSR count). The maximum absolute atomic E-state index is 11.6. The third kappa shape index (κ3) is 5.30. The van der Waals surface area contributed by atoms with Crippen molar-refractivity contribution >= 4 is 27.8 Å². The number of nitrogens with one attached hydrogen (secondary N) is 1. The Hall–Kier alpha value is -1.40. The van der Waals surface area contributed by atoms with Gasteiger partial charge in [0.25, 0.3) is 5.91 Å². The molecule has 1 aromatic rings. The Labute approximate surface area is 126 Å². The first kappa shape index (κ1) is 16.7. The predicted octanol–water partition coefficient (Wildman–Crippen LogP) is 1.94. The molecule has 0 aliphatic heterocycles. The van der Waals surface area contributed by atoms with Gasteiger partial charge in [0.15, 0.2) is 12.2 Å². The van der Waals surface area contributed by atoms with Crippen LogP contribution in [0.3, 0.4) is 0 Å². The zero-order chi connectivity index (χ0) is 15.3. The first-order chi connectivity index (χ1) is 9.20. The molecule has 0 aliphatic rings. The van der Waals surface area contributed by atoms with Crippen LogP contribution in [0, 0.1) is 0 Å². The van der Waals surface area contributed by atoms with Gasteiger partial charge in [-0.3, -0.25) is 4.79 Å². The second-order valence-electron chi connectivity index (χ2n) is 4.98. The molecule has 1 atom stereocenters. The first-order valence-electron chi connectivity index (χ1n) is 6.14. The Morgan fingerprint density at radius 3 is 2.40 bits per heavy atom. The molecule has 0 heterocycles. The van der Waals surface area contributed by atoms with E-state index in [1.54, 1.807) is 0 Å². The van der Waals surface area contributed by atoms with Crippen LogP contribution in [0.5, 0.6) is 0 Å². The van der Waals surface area contributed by atoms with Crippen LogP contribution in [-0.4, -0.2) is 29.2 Å². The summed E-state index contributed by atoms with van der Waals surface area (Å²) < 4.78 is 5.67. The second-order valence-corrected chi connectivity index (χ2v) is 5.89. The molecular weight excluding hydrogens is 326 g/mol. The van der Waals surface area contributed by atoms with Crippen molar-refractivity contribution in [3.05, 3.63) is 34.3 Å². The summed E-state index contributed by atoms with van der Waals surface area (Å²) in [5.41, 5.74) is -0.659. The summed E-state index contributed by atoms with van der Waals surface area (Å²) in [5.74, 6) is -1.25. The van der Waals surface area contributed by atoms with Gasteiger partial charge in [0, 0.05) is 4.47 Å². The van der Waals surface area contributed by atoms with Gasteiger partial charge in [-0.25, -0.2) is 4.79 Å². The highest BCUT2D eigenvalue weighted by molar-refractivity contribution is 9.10. The Balaban J connectivity index is 2.46. The van der Waals surface area contributed by atoms with Gasteiger partial charge in [-0.2, -0.15) is 0 Å². The summed E-state index contributed by atoms with van der Waals surface area (Å²) >= 11 is 3.34. The van der Waals surface area contributed by atoms with Crippen molar-refractivity contribution in [3.63, 3.8) is 0 Å². The van der Waals surface area contributed by atoms with E-state index in [0.29, 0.717) is 0 Å². The van der Waals surface area contributed by atoms with Gasteiger partial charge in [-0.05, 0) is 38.5 Å². The highest BCUT2D eigenvalue weighted by Crippen LogP contribution is 2.16. The summed E-state index contributed by atoms with van der Waals surface area (Å²) in [4.78, 5) is 23.0. The number of aliphatic hydroxyl groups is 1. The third-order valence-electron chi connectivity index (χ3n) is 2.58. The molecule has 0 radical (unpaired) electrons. The molecule has 6 heteroatoms. The van der Waals surface area contributed by atoms with E-state index in [-0.39, 0.29) is 6.04 Å². The van der Waals surface area contributed by atoms with E-state index in [2.05, 4.69) is 21.2 Å². The molecule has 0 bridgehead atoms. The van der Waals surface area contributed by atoms with Crippen LogP contribution >= 0.6 is 15.9 Å².